The summed E-state index contributed by atoms with van der Waals surface area (Å²) in [7, 11) is -3.90. The van der Waals surface area contributed by atoms with Gasteiger partial charge in [-0.25, -0.2) is 17.4 Å². The highest BCUT2D eigenvalue weighted by Crippen LogP contribution is 2.42. The van der Waals surface area contributed by atoms with Crippen LogP contribution in [0.1, 0.15) is 39.6 Å². The van der Waals surface area contributed by atoms with Gasteiger partial charge >= 0.3 is 0 Å². The van der Waals surface area contributed by atoms with Crippen LogP contribution in [-0.2, 0) is 15.6 Å². The van der Waals surface area contributed by atoms with Crippen molar-refractivity contribution in [3.63, 3.8) is 0 Å². The largest absolute Gasteiger partial charge is 0.382 e. The number of rotatable bonds is 8. The molecule has 0 saturated carbocycles. The lowest BCUT2D eigenvalue weighted by Gasteiger charge is -2.37. The number of aliphatic hydroxyl groups is 1. The van der Waals surface area contributed by atoms with Gasteiger partial charge in [-0.1, -0.05) is 133 Å². The molecule has 0 spiro atoms. The monoisotopic (exact) mass is 659 g/mol. The van der Waals surface area contributed by atoms with Crippen LogP contribution in [0, 0.1) is 6.92 Å². The van der Waals surface area contributed by atoms with E-state index in [4.69, 9.17) is 4.98 Å². The Morgan fingerprint density at radius 3 is 1.76 bits per heavy atom. The predicted octanol–water partition coefficient (Wildman–Crippen LogP) is 8.46. The van der Waals surface area contributed by atoms with E-state index in [1.54, 1.807) is 42.7 Å². The smallest absolute Gasteiger partial charge is 0.268 e. The van der Waals surface area contributed by atoms with Crippen LogP contribution in [0.25, 0.3) is 21.8 Å². The summed E-state index contributed by atoms with van der Waals surface area (Å²) in [5.74, 6) is 0. The SMILES string of the molecule is Cc1ccc(S(=O)(=O)n2c3ccccc3c3cc(C(O)c4cn(C(c5ccccc5)(c5ccccc5)c5ccccc5)cn4)ccc32)cc1. The van der Waals surface area contributed by atoms with Crippen molar-refractivity contribution in [2.75, 3.05) is 0 Å². The van der Waals surface area contributed by atoms with Crippen molar-refractivity contribution >= 4 is 31.8 Å². The first-order valence-corrected chi connectivity index (χ1v) is 17.6. The molecule has 1 unspecified atom stereocenters. The fraction of sp³-hybridized carbons (Fsp3) is 0.0714. The molecule has 6 aromatic carbocycles. The Kier molecular flexibility index (Phi) is 7.51. The third-order valence-electron chi connectivity index (χ3n) is 9.37. The fourth-order valence-corrected chi connectivity index (χ4v) is 8.55. The molecule has 0 aliphatic rings. The highest BCUT2D eigenvalue weighted by atomic mass is 32.2. The zero-order chi connectivity index (χ0) is 33.6. The van der Waals surface area contributed by atoms with Gasteiger partial charge in [0, 0.05) is 17.0 Å². The van der Waals surface area contributed by atoms with Gasteiger partial charge in [-0.15, -0.1) is 0 Å². The quantitative estimate of drug-likeness (QED) is 0.166. The summed E-state index contributed by atoms with van der Waals surface area (Å²) in [6.45, 7) is 1.93. The molecule has 8 rings (SSSR count). The maximum Gasteiger partial charge on any atom is 0.268 e. The van der Waals surface area contributed by atoms with Crippen molar-refractivity contribution in [1.29, 1.82) is 0 Å². The molecule has 7 heteroatoms. The molecule has 1 atom stereocenters. The second-order valence-corrected chi connectivity index (χ2v) is 14.1. The van der Waals surface area contributed by atoms with Gasteiger partial charge in [-0.05, 0) is 59.5 Å². The van der Waals surface area contributed by atoms with E-state index < -0.39 is 21.7 Å². The molecule has 0 aliphatic carbocycles. The van der Waals surface area contributed by atoms with Crippen molar-refractivity contribution < 1.29 is 13.5 Å². The third kappa shape index (κ3) is 4.98. The van der Waals surface area contributed by atoms with Crippen LogP contribution in [0.3, 0.4) is 0 Å². The lowest BCUT2D eigenvalue weighted by molar-refractivity contribution is 0.216. The van der Waals surface area contributed by atoms with E-state index in [2.05, 4.69) is 41.0 Å². The number of aryl methyl sites for hydroxylation is 1. The Balaban J connectivity index is 1.27. The predicted molar refractivity (Wildman–Crippen MR) is 194 cm³/mol. The van der Waals surface area contributed by atoms with E-state index in [9.17, 15) is 13.5 Å². The molecule has 2 heterocycles. The Morgan fingerprint density at radius 1 is 0.633 bits per heavy atom. The Morgan fingerprint density at radius 2 is 1.16 bits per heavy atom. The van der Waals surface area contributed by atoms with Crippen molar-refractivity contribution in [3.05, 3.63) is 204 Å². The van der Waals surface area contributed by atoms with Crippen LogP contribution in [0.4, 0.5) is 0 Å². The molecule has 0 aliphatic heterocycles. The number of aromatic nitrogens is 3. The standard InChI is InChI=1S/C42H33N3O3S/c1-30-21-24-35(25-22-30)49(47,48)45-39-20-12-11-19-36(39)37-27-31(23-26-40(37)45)41(46)38-28-44(29-43-38)42(32-13-5-2-6-14-32,33-15-7-3-8-16-33)34-17-9-4-10-18-34/h2-29,41,46H,1H3. The topological polar surface area (TPSA) is 77.1 Å². The summed E-state index contributed by atoms with van der Waals surface area (Å²) in [6, 6.07) is 50.7. The minimum Gasteiger partial charge on any atom is -0.382 e. The Bertz CT molecular complexity index is 2430. The van der Waals surface area contributed by atoms with Crippen LogP contribution < -0.4 is 0 Å². The molecule has 0 radical (unpaired) electrons. The molecule has 49 heavy (non-hydrogen) atoms. The number of fused-ring (bicyclic) bond motifs is 3. The zero-order valence-corrected chi connectivity index (χ0v) is 27.6. The van der Waals surface area contributed by atoms with E-state index in [0.29, 0.717) is 22.3 Å². The molecule has 0 saturated heterocycles. The van der Waals surface area contributed by atoms with Gasteiger partial charge in [0.15, 0.2) is 0 Å². The number of hydrogen-bond acceptors (Lipinski definition) is 4. The van der Waals surface area contributed by atoms with Gasteiger partial charge in [0.25, 0.3) is 10.0 Å². The van der Waals surface area contributed by atoms with Crippen molar-refractivity contribution in [2.24, 2.45) is 0 Å². The summed E-state index contributed by atoms with van der Waals surface area (Å²) in [4.78, 5) is 5.00. The third-order valence-corrected chi connectivity index (χ3v) is 11.1. The molecule has 240 valence electrons. The molecule has 0 fully saturated rings. The summed E-state index contributed by atoms with van der Waals surface area (Å²) < 4.78 is 31.5. The fourth-order valence-electron chi connectivity index (χ4n) is 7.02. The summed E-state index contributed by atoms with van der Waals surface area (Å²) in [5, 5.41) is 13.4. The van der Waals surface area contributed by atoms with Crippen molar-refractivity contribution in [1.82, 2.24) is 13.5 Å². The van der Waals surface area contributed by atoms with E-state index >= 15 is 0 Å². The second kappa shape index (κ2) is 12.0. The number of para-hydroxylation sites is 1. The average Bonchev–Trinajstić information content (AvgIpc) is 3.77. The van der Waals surface area contributed by atoms with Gasteiger partial charge in [0.05, 0.1) is 28.0 Å². The molecular weight excluding hydrogens is 627 g/mol. The number of aliphatic hydroxyl groups excluding tert-OH is 1. The molecule has 0 amide bonds. The maximum absolute atomic E-state index is 14.0. The molecule has 0 bridgehead atoms. The van der Waals surface area contributed by atoms with Gasteiger partial charge in [0.2, 0.25) is 0 Å². The maximum atomic E-state index is 14.0. The van der Waals surface area contributed by atoms with Crippen LogP contribution in [0.15, 0.2) is 175 Å². The number of benzene rings is 6. The molecule has 8 aromatic rings. The van der Waals surface area contributed by atoms with Crippen LogP contribution in [0.2, 0.25) is 0 Å². The first-order valence-electron chi connectivity index (χ1n) is 16.1. The molecule has 6 nitrogen and oxygen atoms in total. The average molecular weight is 660 g/mol. The van der Waals surface area contributed by atoms with E-state index in [-0.39, 0.29) is 4.90 Å². The van der Waals surface area contributed by atoms with Gasteiger partial charge in [-0.3, -0.25) is 0 Å². The zero-order valence-electron chi connectivity index (χ0n) is 26.8. The molecular formula is C42H33N3O3S. The Labute approximate surface area is 285 Å². The Hall–Kier alpha value is -5.76. The summed E-state index contributed by atoms with van der Waals surface area (Å²) in [6.07, 6.45) is 2.62. The second-order valence-electron chi connectivity index (χ2n) is 12.3. The minimum absolute atomic E-state index is 0.217. The van der Waals surface area contributed by atoms with Crippen molar-refractivity contribution in [3.8, 4) is 0 Å². The highest BCUT2D eigenvalue weighted by molar-refractivity contribution is 7.90. The number of imidazole rings is 1. The number of nitrogens with zero attached hydrogens (tertiary/aromatic N) is 3. The molecule has 1 N–H and O–H groups in total. The van der Waals surface area contributed by atoms with Crippen LogP contribution in [-0.4, -0.2) is 27.0 Å². The van der Waals surface area contributed by atoms with Gasteiger partial charge in [-0.2, -0.15) is 0 Å². The van der Waals surface area contributed by atoms with Crippen LogP contribution >= 0.6 is 0 Å². The minimum atomic E-state index is -3.90. The summed E-state index contributed by atoms with van der Waals surface area (Å²) >= 11 is 0. The van der Waals surface area contributed by atoms with E-state index in [1.165, 1.54) is 3.97 Å². The first-order chi connectivity index (χ1) is 23.9. The van der Waals surface area contributed by atoms with E-state index in [1.807, 2.05) is 98.0 Å². The lowest BCUT2D eigenvalue weighted by Crippen LogP contribution is -2.37. The van der Waals surface area contributed by atoms with Crippen molar-refractivity contribution in [2.45, 2.75) is 23.5 Å². The van der Waals surface area contributed by atoms with Gasteiger partial charge < -0.3 is 9.67 Å². The van der Waals surface area contributed by atoms with E-state index in [0.717, 1.165) is 33.0 Å². The normalized spacial score (nSPS) is 12.8. The van der Waals surface area contributed by atoms with Gasteiger partial charge in [0.1, 0.15) is 11.6 Å². The lowest BCUT2D eigenvalue weighted by atomic mass is 9.77. The number of hydrogen-bond donors (Lipinski definition) is 1. The van der Waals surface area contributed by atoms with Crippen LogP contribution in [0.5, 0.6) is 0 Å². The summed E-state index contributed by atoms with van der Waals surface area (Å²) in [5.41, 5.74) is 5.57. The highest BCUT2D eigenvalue weighted by Gasteiger charge is 2.38. The molecule has 2 aromatic heterocycles. The first kappa shape index (κ1) is 30.6.